The van der Waals surface area contributed by atoms with Crippen LogP contribution in [0.5, 0.6) is 0 Å². The zero-order chi connectivity index (χ0) is 27.9. The number of aryl methyl sites for hydroxylation is 1. The van der Waals surface area contributed by atoms with Crippen molar-refractivity contribution in [2.45, 2.75) is 29.9 Å². The maximum atomic E-state index is 5.39. The Bertz CT molecular complexity index is 2260. The zero-order valence-corrected chi connectivity index (χ0v) is 24.2. The van der Waals surface area contributed by atoms with E-state index in [0.29, 0.717) is 17.1 Å². The van der Waals surface area contributed by atoms with E-state index in [0.717, 1.165) is 33.6 Å². The van der Waals surface area contributed by atoms with Crippen molar-refractivity contribution in [3.05, 3.63) is 132 Å². The molecule has 5 aromatic carbocycles. The topological polar surface area (TPSA) is 30.7 Å². The van der Waals surface area contributed by atoms with Crippen LogP contribution in [0.1, 0.15) is 22.6 Å². The first kappa shape index (κ1) is 24.0. The number of rotatable bonds is 3. The Morgan fingerprint density at radius 2 is 1.52 bits per heavy atom. The van der Waals surface area contributed by atoms with Gasteiger partial charge in [0.1, 0.15) is 0 Å². The van der Waals surface area contributed by atoms with Gasteiger partial charge in [-0.25, -0.2) is 9.97 Å². The minimum atomic E-state index is 0.373. The molecule has 9 rings (SSSR count). The molecular formula is C38H27N3S. The van der Waals surface area contributed by atoms with E-state index in [-0.39, 0.29) is 0 Å². The second-order valence-electron chi connectivity index (χ2n) is 11.4. The largest absolute Gasteiger partial charge is 0.278 e. The maximum Gasteiger partial charge on any atom is 0.235 e. The summed E-state index contributed by atoms with van der Waals surface area (Å²) in [6.07, 6.45) is 9.09. The minimum Gasteiger partial charge on any atom is -0.278 e. The van der Waals surface area contributed by atoms with E-state index in [9.17, 15) is 0 Å². The van der Waals surface area contributed by atoms with Crippen LogP contribution in [0.4, 0.5) is 0 Å². The molecule has 1 aliphatic heterocycles. The van der Waals surface area contributed by atoms with Gasteiger partial charge in [0.2, 0.25) is 5.95 Å². The number of benzene rings is 5. The van der Waals surface area contributed by atoms with Crippen molar-refractivity contribution < 1.29 is 0 Å². The van der Waals surface area contributed by atoms with Gasteiger partial charge in [0.05, 0.1) is 22.4 Å². The first-order valence-electron chi connectivity index (χ1n) is 14.5. The average Bonchev–Trinajstić information content (AvgIpc) is 3.57. The molecule has 3 nitrogen and oxygen atoms in total. The van der Waals surface area contributed by atoms with E-state index in [2.05, 4.69) is 134 Å². The molecule has 0 spiro atoms. The number of thioether (sulfide) groups is 1. The molecule has 0 bridgehead atoms. The van der Waals surface area contributed by atoms with Crippen LogP contribution in [0.3, 0.4) is 0 Å². The van der Waals surface area contributed by atoms with Crippen LogP contribution in [-0.2, 0) is 0 Å². The minimum absolute atomic E-state index is 0.373. The Hall–Kier alpha value is -4.67. The molecule has 2 unspecified atom stereocenters. The van der Waals surface area contributed by atoms with Gasteiger partial charge < -0.3 is 0 Å². The molecular weight excluding hydrogens is 531 g/mol. The second-order valence-corrected chi connectivity index (χ2v) is 12.6. The molecule has 200 valence electrons. The fraction of sp³-hybridized carbons (Fsp3) is 0.105. The Labute approximate surface area is 248 Å². The van der Waals surface area contributed by atoms with Crippen molar-refractivity contribution in [3.8, 4) is 28.5 Å². The van der Waals surface area contributed by atoms with Gasteiger partial charge in [-0.2, -0.15) is 0 Å². The molecule has 0 amide bonds. The van der Waals surface area contributed by atoms with Crippen LogP contribution in [0.15, 0.2) is 120 Å². The van der Waals surface area contributed by atoms with E-state index in [1.54, 1.807) is 0 Å². The number of nitrogens with zero attached hydrogens (tertiary/aromatic N) is 3. The molecule has 42 heavy (non-hydrogen) atoms. The lowest BCUT2D eigenvalue weighted by Crippen LogP contribution is -2.08. The van der Waals surface area contributed by atoms with E-state index in [1.165, 1.54) is 43.1 Å². The Balaban J connectivity index is 1.41. The van der Waals surface area contributed by atoms with Crippen molar-refractivity contribution in [2.75, 3.05) is 0 Å². The van der Waals surface area contributed by atoms with E-state index >= 15 is 0 Å². The van der Waals surface area contributed by atoms with Gasteiger partial charge in [-0.15, -0.1) is 11.8 Å². The molecule has 4 heteroatoms. The van der Waals surface area contributed by atoms with Crippen LogP contribution >= 0.6 is 11.8 Å². The lowest BCUT2D eigenvalue weighted by Gasteiger charge is -2.17. The van der Waals surface area contributed by atoms with E-state index in [1.807, 2.05) is 11.8 Å². The highest BCUT2D eigenvalue weighted by atomic mass is 32.2. The fourth-order valence-electron chi connectivity index (χ4n) is 7.04. The summed E-state index contributed by atoms with van der Waals surface area (Å²) in [6, 6.07) is 32.7. The van der Waals surface area contributed by atoms with Crippen molar-refractivity contribution in [2.24, 2.45) is 0 Å². The van der Waals surface area contributed by atoms with Crippen molar-refractivity contribution >= 4 is 44.3 Å². The summed E-state index contributed by atoms with van der Waals surface area (Å²) < 4.78 is 2.32. The molecule has 1 aliphatic carbocycles. The van der Waals surface area contributed by atoms with Gasteiger partial charge >= 0.3 is 0 Å². The normalized spacial score (nSPS) is 17.5. The molecule has 3 heterocycles. The quantitative estimate of drug-likeness (QED) is 0.203. The summed E-state index contributed by atoms with van der Waals surface area (Å²) in [4.78, 5) is 12.2. The van der Waals surface area contributed by atoms with Gasteiger partial charge in [0, 0.05) is 43.5 Å². The summed E-state index contributed by atoms with van der Waals surface area (Å²) in [6.45, 7) is 4.32. The summed E-state index contributed by atoms with van der Waals surface area (Å²) in [5, 5.41) is 5.62. The summed E-state index contributed by atoms with van der Waals surface area (Å²) >= 11 is 2.00. The van der Waals surface area contributed by atoms with E-state index in [4.69, 9.17) is 9.97 Å². The molecule has 0 radical (unpaired) electrons. The van der Waals surface area contributed by atoms with Gasteiger partial charge in [0.15, 0.2) is 0 Å². The smallest absolute Gasteiger partial charge is 0.235 e. The van der Waals surface area contributed by atoms with Crippen LogP contribution in [0.25, 0.3) is 61.0 Å². The number of hydrogen-bond donors (Lipinski definition) is 0. The second kappa shape index (κ2) is 8.91. The molecule has 7 aromatic rings. The Kier molecular flexibility index (Phi) is 5.09. The monoisotopic (exact) mass is 557 g/mol. The molecule has 0 saturated carbocycles. The van der Waals surface area contributed by atoms with Gasteiger partial charge in [-0.05, 0) is 47.9 Å². The van der Waals surface area contributed by atoms with Gasteiger partial charge in [-0.1, -0.05) is 103 Å². The number of allylic oxidation sites excluding steroid dienone is 3. The highest BCUT2D eigenvalue weighted by Gasteiger charge is 2.34. The fourth-order valence-corrected chi connectivity index (χ4v) is 8.50. The highest BCUT2D eigenvalue weighted by Crippen LogP contribution is 2.54. The molecule has 2 atom stereocenters. The lowest BCUT2D eigenvalue weighted by molar-refractivity contribution is 0.883. The standard InChI is InChI=1S/C38H27N3S/c1-22-11-6-7-15-26(22)36-23(2)35(25-12-4-3-5-13-25)39-38(40-36)41-30-17-10-14-24-19-20-28-34(33(24)30)31(41)21-29-27-16-8-9-18-32(27)42-37(28)29/h3-21,27,32H,1-2H3. The van der Waals surface area contributed by atoms with Gasteiger partial charge in [-0.3, -0.25) is 4.57 Å². The first-order valence-corrected chi connectivity index (χ1v) is 15.4. The van der Waals surface area contributed by atoms with Crippen LogP contribution in [0.2, 0.25) is 0 Å². The van der Waals surface area contributed by atoms with Crippen molar-refractivity contribution in [1.82, 2.24) is 14.5 Å². The predicted octanol–water partition coefficient (Wildman–Crippen LogP) is 9.80. The van der Waals surface area contributed by atoms with Crippen molar-refractivity contribution in [1.29, 1.82) is 0 Å². The number of aromatic nitrogens is 3. The maximum absolute atomic E-state index is 5.39. The summed E-state index contributed by atoms with van der Waals surface area (Å²) in [7, 11) is 0. The average molecular weight is 558 g/mol. The summed E-state index contributed by atoms with van der Waals surface area (Å²) in [5.74, 6) is 1.09. The third-order valence-corrected chi connectivity index (χ3v) is 10.5. The number of hydrogen-bond acceptors (Lipinski definition) is 3. The molecule has 0 N–H and O–H groups in total. The van der Waals surface area contributed by atoms with Crippen molar-refractivity contribution in [3.63, 3.8) is 0 Å². The third kappa shape index (κ3) is 3.30. The SMILES string of the molecule is Cc1ccccc1-c1nc(-n2c3cccc4ccc5c6c(cc2c5c43)C2C=CC=CC2S6)nc(-c2ccccc2)c1C. The van der Waals surface area contributed by atoms with Crippen LogP contribution in [-0.4, -0.2) is 19.8 Å². The zero-order valence-electron chi connectivity index (χ0n) is 23.4. The number of fused-ring (bicyclic) bond motifs is 4. The van der Waals surface area contributed by atoms with Crippen LogP contribution < -0.4 is 0 Å². The molecule has 2 aliphatic rings. The molecule has 2 aromatic heterocycles. The summed E-state index contributed by atoms with van der Waals surface area (Å²) in [5.41, 5.74) is 10.2. The lowest BCUT2D eigenvalue weighted by atomic mass is 9.90. The third-order valence-electron chi connectivity index (χ3n) is 9.04. The first-order chi connectivity index (χ1) is 20.7. The Morgan fingerprint density at radius 3 is 2.40 bits per heavy atom. The van der Waals surface area contributed by atoms with Gasteiger partial charge in [0.25, 0.3) is 0 Å². The predicted molar refractivity (Wildman–Crippen MR) is 176 cm³/mol. The highest BCUT2D eigenvalue weighted by molar-refractivity contribution is 8.00. The van der Waals surface area contributed by atoms with Crippen LogP contribution in [0, 0.1) is 13.8 Å². The van der Waals surface area contributed by atoms with E-state index < -0.39 is 0 Å². The Morgan fingerprint density at radius 1 is 0.714 bits per heavy atom. The molecule has 0 fully saturated rings. The molecule has 0 saturated heterocycles.